The highest BCUT2D eigenvalue weighted by molar-refractivity contribution is 7.92. The molecule has 0 aliphatic rings. The van der Waals surface area contributed by atoms with Crippen LogP contribution in [0.4, 0.5) is 5.88 Å². The lowest BCUT2D eigenvalue weighted by Gasteiger charge is -2.12. The van der Waals surface area contributed by atoms with E-state index in [1.807, 2.05) is 20.8 Å². The van der Waals surface area contributed by atoms with Gasteiger partial charge in [0.25, 0.3) is 10.0 Å². The first-order valence-electron chi connectivity index (χ1n) is 5.66. The normalized spacial score (nSPS) is 12.4. The number of halogens is 1. The molecular formula is C11H13ClN4O3S. The first-order chi connectivity index (χ1) is 9.18. The number of sulfonamides is 1. The smallest absolute Gasteiger partial charge is 0.267 e. The quantitative estimate of drug-likeness (QED) is 0.872. The highest BCUT2D eigenvalue weighted by atomic mass is 35.5. The lowest BCUT2D eigenvalue weighted by atomic mass is 9.92. The summed E-state index contributed by atoms with van der Waals surface area (Å²) in [4.78, 5) is 7.13. The van der Waals surface area contributed by atoms with Crippen molar-refractivity contribution in [2.24, 2.45) is 0 Å². The van der Waals surface area contributed by atoms with Crippen molar-refractivity contribution in [1.82, 2.24) is 15.1 Å². The van der Waals surface area contributed by atoms with Crippen LogP contribution in [0.25, 0.3) is 0 Å². The van der Waals surface area contributed by atoms with Gasteiger partial charge in [-0.05, 0) is 11.6 Å². The van der Waals surface area contributed by atoms with Gasteiger partial charge in [-0.2, -0.15) is 0 Å². The molecule has 0 spiro atoms. The third kappa shape index (κ3) is 3.26. The van der Waals surface area contributed by atoms with Gasteiger partial charge in [-0.1, -0.05) is 25.9 Å². The standard InChI is InChI=1S/C11H13ClN4O3S/c1-11(2,3)8-4-9(19-15-8)16-20(17,18)7-5-13-10(12)14-6-7/h4-6,16H,1-3H3. The molecule has 0 amide bonds. The van der Waals surface area contributed by atoms with Crippen LogP contribution in [0.2, 0.25) is 5.28 Å². The number of rotatable bonds is 3. The first kappa shape index (κ1) is 14.7. The second-order valence-corrected chi connectivity index (χ2v) is 7.14. The molecule has 0 atom stereocenters. The molecule has 2 aromatic heterocycles. The van der Waals surface area contributed by atoms with Crippen LogP contribution in [0.1, 0.15) is 26.5 Å². The third-order valence-electron chi connectivity index (χ3n) is 2.42. The summed E-state index contributed by atoms with van der Waals surface area (Å²) < 4.78 is 31.3. The number of anilines is 1. The highest BCUT2D eigenvalue weighted by Gasteiger charge is 2.22. The van der Waals surface area contributed by atoms with Crippen molar-refractivity contribution in [1.29, 1.82) is 0 Å². The monoisotopic (exact) mass is 316 g/mol. The second kappa shape index (κ2) is 5.02. The summed E-state index contributed by atoms with van der Waals surface area (Å²) in [6.07, 6.45) is 2.22. The van der Waals surface area contributed by atoms with Gasteiger partial charge in [0.05, 0.1) is 18.1 Å². The van der Waals surface area contributed by atoms with E-state index in [1.165, 1.54) is 6.07 Å². The Hall–Kier alpha value is -1.67. The van der Waals surface area contributed by atoms with Crippen LogP contribution in [0.15, 0.2) is 27.9 Å². The van der Waals surface area contributed by atoms with E-state index in [-0.39, 0.29) is 21.5 Å². The minimum atomic E-state index is -3.83. The van der Waals surface area contributed by atoms with Crippen LogP contribution in [0, 0.1) is 0 Å². The molecule has 7 nitrogen and oxygen atoms in total. The van der Waals surface area contributed by atoms with Gasteiger partial charge in [0, 0.05) is 11.5 Å². The average Bonchev–Trinajstić information content (AvgIpc) is 2.77. The first-order valence-corrected chi connectivity index (χ1v) is 7.52. The van der Waals surface area contributed by atoms with E-state index in [0.717, 1.165) is 12.4 Å². The molecule has 0 radical (unpaired) electrons. The van der Waals surface area contributed by atoms with Crippen molar-refractivity contribution in [3.05, 3.63) is 29.4 Å². The average molecular weight is 317 g/mol. The number of hydrogen-bond acceptors (Lipinski definition) is 6. The van der Waals surface area contributed by atoms with Crippen molar-refractivity contribution in [3.8, 4) is 0 Å². The van der Waals surface area contributed by atoms with Gasteiger partial charge in [0.1, 0.15) is 4.90 Å². The fourth-order valence-corrected chi connectivity index (χ4v) is 2.27. The molecule has 0 aromatic carbocycles. The predicted molar refractivity (Wildman–Crippen MR) is 73.1 cm³/mol. The molecule has 2 aromatic rings. The third-order valence-corrected chi connectivity index (χ3v) is 3.92. The van der Waals surface area contributed by atoms with Crippen LogP contribution < -0.4 is 4.72 Å². The molecule has 0 unspecified atom stereocenters. The molecule has 9 heteroatoms. The predicted octanol–water partition coefficient (Wildman–Crippen LogP) is 2.22. The maximum absolute atomic E-state index is 12.0. The minimum Gasteiger partial charge on any atom is -0.338 e. The maximum Gasteiger partial charge on any atom is 0.267 e. The molecule has 0 saturated carbocycles. The molecule has 0 aliphatic heterocycles. The van der Waals surface area contributed by atoms with E-state index in [0.29, 0.717) is 5.69 Å². The Morgan fingerprint density at radius 2 is 1.85 bits per heavy atom. The Morgan fingerprint density at radius 3 is 2.35 bits per heavy atom. The Bertz CT molecular complexity index is 704. The number of aromatic nitrogens is 3. The number of hydrogen-bond donors (Lipinski definition) is 1. The molecule has 0 fully saturated rings. The lowest BCUT2D eigenvalue weighted by Crippen LogP contribution is -2.13. The van der Waals surface area contributed by atoms with Gasteiger partial charge in [-0.25, -0.2) is 23.1 Å². The molecule has 108 valence electrons. The van der Waals surface area contributed by atoms with Gasteiger partial charge < -0.3 is 4.52 Å². The van der Waals surface area contributed by atoms with Crippen molar-refractivity contribution in [3.63, 3.8) is 0 Å². The Labute approximate surface area is 121 Å². The van der Waals surface area contributed by atoms with Crippen LogP contribution in [0.5, 0.6) is 0 Å². The summed E-state index contributed by atoms with van der Waals surface area (Å²) in [6, 6.07) is 1.54. The zero-order valence-corrected chi connectivity index (χ0v) is 12.7. The van der Waals surface area contributed by atoms with E-state index in [4.69, 9.17) is 16.1 Å². The summed E-state index contributed by atoms with van der Waals surface area (Å²) >= 11 is 5.51. The van der Waals surface area contributed by atoms with Gasteiger partial charge in [0.15, 0.2) is 0 Å². The van der Waals surface area contributed by atoms with E-state index in [9.17, 15) is 8.42 Å². The fourth-order valence-electron chi connectivity index (χ4n) is 1.31. The second-order valence-electron chi connectivity index (χ2n) is 5.12. The van der Waals surface area contributed by atoms with Crippen molar-refractivity contribution >= 4 is 27.5 Å². The molecule has 2 heterocycles. The summed E-state index contributed by atoms with van der Waals surface area (Å²) in [5, 5.41) is 3.80. The van der Waals surface area contributed by atoms with E-state index in [1.54, 1.807) is 0 Å². The topological polar surface area (TPSA) is 98.0 Å². The molecule has 2 rings (SSSR count). The van der Waals surface area contributed by atoms with E-state index >= 15 is 0 Å². The van der Waals surface area contributed by atoms with Gasteiger partial charge >= 0.3 is 0 Å². The van der Waals surface area contributed by atoms with E-state index < -0.39 is 10.0 Å². The molecule has 0 aliphatic carbocycles. The van der Waals surface area contributed by atoms with Crippen molar-refractivity contribution in [2.45, 2.75) is 31.1 Å². The fraction of sp³-hybridized carbons (Fsp3) is 0.364. The summed E-state index contributed by atoms with van der Waals surface area (Å²) in [6.45, 7) is 5.82. The minimum absolute atomic E-state index is 0.0290. The van der Waals surface area contributed by atoms with Crippen LogP contribution in [-0.4, -0.2) is 23.5 Å². The molecule has 1 N–H and O–H groups in total. The lowest BCUT2D eigenvalue weighted by molar-refractivity contribution is 0.405. The largest absolute Gasteiger partial charge is 0.338 e. The Balaban J connectivity index is 2.25. The van der Waals surface area contributed by atoms with Gasteiger partial charge in [-0.15, -0.1) is 0 Å². The molecular weight excluding hydrogens is 304 g/mol. The van der Waals surface area contributed by atoms with E-state index in [2.05, 4.69) is 19.8 Å². The SMILES string of the molecule is CC(C)(C)c1cc(NS(=O)(=O)c2cnc(Cl)nc2)on1. The molecule has 0 bridgehead atoms. The molecule has 0 saturated heterocycles. The number of nitrogens with one attached hydrogen (secondary N) is 1. The summed E-state index contributed by atoms with van der Waals surface area (Å²) in [5.41, 5.74) is 0.402. The van der Waals surface area contributed by atoms with Gasteiger partial charge in [-0.3, -0.25) is 0 Å². The molecule has 20 heavy (non-hydrogen) atoms. The van der Waals surface area contributed by atoms with Crippen LogP contribution >= 0.6 is 11.6 Å². The van der Waals surface area contributed by atoms with Gasteiger partial charge in [0.2, 0.25) is 11.2 Å². The van der Waals surface area contributed by atoms with Crippen molar-refractivity contribution < 1.29 is 12.9 Å². The summed E-state index contributed by atoms with van der Waals surface area (Å²) in [7, 11) is -3.83. The highest BCUT2D eigenvalue weighted by Crippen LogP contribution is 2.24. The van der Waals surface area contributed by atoms with Crippen molar-refractivity contribution in [2.75, 3.05) is 4.72 Å². The van der Waals surface area contributed by atoms with Crippen LogP contribution in [-0.2, 0) is 15.4 Å². The Kier molecular flexibility index (Phi) is 3.70. The zero-order valence-electron chi connectivity index (χ0n) is 11.1. The maximum atomic E-state index is 12.0. The zero-order chi connectivity index (χ0) is 15.0. The summed E-state index contributed by atoms with van der Waals surface area (Å²) in [5.74, 6) is 0.0323. The van der Waals surface area contributed by atoms with Crippen LogP contribution in [0.3, 0.4) is 0 Å². The number of nitrogens with zero attached hydrogens (tertiary/aromatic N) is 3. The Morgan fingerprint density at radius 1 is 1.25 bits per heavy atom.